The highest BCUT2D eigenvalue weighted by Gasteiger charge is 2.20. The normalized spacial score (nSPS) is 16.9. The van der Waals surface area contributed by atoms with Gasteiger partial charge in [0.2, 0.25) is 5.95 Å². The van der Waals surface area contributed by atoms with Crippen LogP contribution < -0.4 is 15.8 Å². The lowest BCUT2D eigenvalue weighted by Gasteiger charge is -2.26. The predicted octanol–water partition coefficient (Wildman–Crippen LogP) is 5.40. The number of rotatable bonds is 7. The number of aryl methyl sites for hydroxylation is 2. The van der Waals surface area contributed by atoms with Crippen molar-refractivity contribution in [1.29, 1.82) is 0 Å². The average Bonchev–Trinajstić information content (AvgIpc) is 2.94. The number of carbonyl (C=O) groups is 1. The van der Waals surface area contributed by atoms with E-state index < -0.39 is 10.0 Å². The van der Waals surface area contributed by atoms with E-state index in [1.807, 2.05) is 13.1 Å². The molecule has 5 rings (SSSR count). The van der Waals surface area contributed by atoms with Crippen molar-refractivity contribution >= 4 is 50.8 Å². The van der Waals surface area contributed by atoms with Crippen molar-refractivity contribution in [2.75, 3.05) is 10.0 Å². The van der Waals surface area contributed by atoms with Gasteiger partial charge in [-0.25, -0.2) is 23.4 Å². The van der Waals surface area contributed by atoms with Gasteiger partial charge in [-0.2, -0.15) is 0 Å². The lowest BCUT2D eigenvalue weighted by atomic mass is 9.92. The quantitative estimate of drug-likeness (QED) is 0.205. The summed E-state index contributed by atoms with van der Waals surface area (Å²) in [5.74, 6) is 0.874. The number of fused-ring (bicyclic) bond motifs is 1. The number of pyridine rings is 1. The Balaban J connectivity index is 0.00000124. The summed E-state index contributed by atoms with van der Waals surface area (Å²) in [6.07, 6.45) is 8.44. The van der Waals surface area contributed by atoms with E-state index in [0.29, 0.717) is 18.0 Å². The number of aromatic nitrogens is 3. The molecule has 0 spiro atoms. The second kappa shape index (κ2) is 13.2. The van der Waals surface area contributed by atoms with Crippen LogP contribution in [0.4, 0.5) is 11.8 Å². The van der Waals surface area contributed by atoms with Crippen LogP contribution in [0, 0.1) is 6.92 Å². The third kappa shape index (κ3) is 7.29. The number of hydrogen-bond donors (Lipinski definition) is 4. The van der Waals surface area contributed by atoms with Crippen LogP contribution in [0.2, 0.25) is 5.02 Å². The largest absolute Gasteiger partial charge is 0.483 e. The maximum Gasteiger partial charge on any atom is 0.290 e. The van der Waals surface area contributed by atoms with Gasteiger partial charge in [0.25, 0.3) is 16.5 Å². The molecule has 12 heteroatoms. The summed E-state index contributed by atoms with van der Waals surface area (Å²) >= 11 is 6.09. The molecule has 10 nitrogen and oxygen atoms in total. The van der Waals surface area contributed by atoms with Gasteiger partial charge in [-0.05, 0) is 86.1 Å². The summed E-state index contributed by atoms with van der Waals surface area (Å²) < 4.78 is 28.2. The Hall–Kier alpha value is -3.80. The first kappa shape index (κ1) is 30.2. The second-order valence-corrected chi connectivity index (χ2v) is 12.0. The molecular weight excluding hydrogens is 564 g/mol. The zero-order chi connectivity index (χ0) is 29.6. The zero-order valence-electron chi connectivity index (χ0n) is 22.8. The van der Waals surface area contributed by atoms with Crippen LogP contribution in [-0.4, -0.2) is 47.0 Å². The molecule has 0 radical (unpaired) electrons. The Kier molecular flexibility index (Phi) is 9.74. The lowest BCUT2D eigenvalue weighted by Crippen LogP contribution is -2.33. The minimum absolute atomic E-state index is 0.00762. The maximum absolute atomic E-state index is 12.8. The Bertz CT molecular complexity index is 1640. The van der Waals surface area contributed by atoms with Crippen LogP contribution in [0.5, 0.6) is 0 Å². The number of hydrogen-bond acceptors (Lipinski definition) is 8. The summed E-state index contributed by atoms with van der Waals surface area (Å²) in [4.78, 5) is 22.2. The van der Waals surface area contributed by atoms with Crippen molar-refractivity contribution in [3.8, 4) is 11.1 Å². The minimum Gasteiger partial charge on any atom is -0.483 e. The molecule has 1 aliphatic rings. The van der Waals surface area contributed by atoms with Crippen LogP contribution in [0.1, 0.15) is 43.7 Å². The SMILES string of the molecule is CCc1cc(-c2cnc(NS(=O)(=O)c3ccccc3Cl)cc2C)cc2cnc(NC3CCC(N)CC3)nc12.O=CO. The first-order valence-electron chi connectivity index (χ1n) is 13.3. The first-order chi connectivity index (χ1) is 19.6. The Morgan fingerprint density at radius 3 is 2.46 bits per heavy atom. The van der Waals surface area contributed by atoms with E-state index >= 15 is 0 Å². The average molecular weight is 597 g/mol. The number of halogens is 1. The summed E-state index contributed by atoms with van der Waals surface area (Å²) in [6, 6.07) is 12.8. The van der Waals surface area contributed by atoms with Crippen molar-refractivity contribution in [3.05, 3.63) is 71.0 Å². The maximum atomic E-state index is 12.8. The monoisotopic (exact) mass is 596 g/mol. The van der Waals surface area contributed by atoms with E-state index in [-0.39, 0.29) is 22.2 Å². The van der Waals surface area contributed by atoms with Crippen LogP contribution >= 0.6 is 11.6 Å². The Labute approximate surface area is 244 Å². The van der Waals surface area contributed by atoms with E-state index in [4.69, 9.17) is 32.2 Å². The van der Waals surface area contributed by atoms with E-state index in [1.54, 1.807) is 24.4 Å². The minimum atomic E-state index is -3.87. The van der Waals surface area contributed by atoms with Gasteiger partial charge in [0.15, 0.2) is 0 Å². The summed E-state index contributed by atoms with van der Waals surface area (Å²) in [5.41, 5.74) is 10.8. The third-order valence-corrected chi connectivity index (χ3v) is 8.89. The van der Waals surface area contributed by atoms with Gasteiger partial charge in [-0.3, -0.25) is 9.52 Å². The van der Waals surface area contributed by atoms with E-state index in [1.165, 1.54) is 12.1 Å². The van der Waals surface area contributed by atoms with Crippen LogP contribution in [0.25, 0.3) is 22.0 Å². The van der Waals surface area contributed by atoms with Gasteiger partial charge in [-0.1, -0.05) is 30.7 Å². The Morgan fingerprint density at radius 1 is 1.10 bits per heavy atom. The number of anilines is 2. The number of nitrogens with zero attached hydrogens (tertiary/aromatic N) is 3. The molecule has 1 saturated carbocycles. The molecule has 0 unspecified atom stereocenters. The van der Waals surface area contributed by atoms with Gasteiger partial charge >= 0.3 is 0 Å². The highest BCUT2D eigenvalue weighted by atomic mass is 35.5. The molecule has 2 aromatic heterocycles. The number of nitrogens with two attached hydrogens (primary N) is 1. The fraction of sp³-hybridized carbons (Fsp3) is 0.310. The molecular formula is C29H33ClN6O4S. The highest BCUT2D eigenvalue weighted by Crippen LogP contribution is 2.31. The molecule has 0 saturated heterocycles. The molecule has 0 atom stereocenters. The standard InChI is InChI=1S/C28H31ClN6O2S.CH2O2/c1-3-18-13-19(14-20-15-32-28(34-27(18)20)33-22-10-8-21(30)9-11-22)23-16-31-26(12-17(23)2)35-38(36,37)25-7-5-4-6-24(25)29;2-1-3/h4-7,12-16,21-22H,3,8-11,30H2,1-2H3,(H,31,35)(H,32,33,34);1H,(H,2,3). The topological polar surface area (TPSA) is 160 Å². The van der Waals surface area contributed by atoms with Gasteiger partial charge < -0.3 is 16.2 Å². The highest BCUT2D eigenvalue weighted by molar-refractivity contribution is 7.92. The van der Waals surface area contributed by atoms with Crippen molar-refractivity contribution < 1.29 is 18.3 Å². The van der Waals surface area contributed by atoms with Gasteiger partial charge in [-0.15, -0.1) is 0 Å². The van der Waals surface area contributed by atoms with Crippen LogP contribution in [-0.2, 0) is 21.2 Å². The van der Waals surface area contributed by atoms with Gasteiger partial charge in [0.1, 0.15) is 10.7 Å². The van der Waals surface area contributed by atoms with Crippen molar-refractivity contribution in [1.82, 2.24) is 15.0 Å². The summed E-state index contributed by atoms with van der Waals surface area (Å²) in [6.45, 7) is 3.79. The number of benzene rings is 2. The van der Waals surface area contributed by atoms with Crippen LogP contribution in [0.15, 0.2) is 59.8 Å². The van der Waals surface area contributed by atoms with E-state index in [0.717, 1.165) is 65.3 Å². The summed E-state index contributed by atoms with van der Waals surface area (Å²) in [5, 5.41) is 11.5. The Morgan fingerprint density at radius 2 is 1.80 bits per heavy atom. The van der Waals surface area contributed by atoms with Crippen molar-refractivity contribution in [3.63, 3.8) is 0 Å². The molecule has 0 aliphatic heterocycles. The second-order valence-electron chi connectivity index (χ2n) is 9.90. The molecule has 2 aromatic carbocycles. The molecule has 41 heavy (non-hydrogen) atoms. The predicted molar refractivity (Wildman–Crippen MR) is 162 cm³/mol. The van der Waals surface area contributed by atoms with Gasteiger partial charge in [0.05, 0.1) is 10.5 Å². The molecule has 1 fully saturated rings. The fourth-order valence-electron chi connectivity index (χ4n) is 4.93. The zero-order valence-corrected chi connectivity index (χ0v) is 24.4. The van der Waals surface area contributed by atoms with Crippen molar-refractivity contribution in [2.45, 2.75) is 62.9 Å². The number of nitrogens with one attached hydrogen (secondary N) is 2. The fourth-order valence-corrected chi connectivity index (χ4v) is 6.45. The van der Waals surface area contributed by atoms with Crippen LogP contribution in [0.3, 0.4) is 0 Å². The molecule has 0 bridgehead atoms. The molecule has 4 aromatic rings. The number of sulfonamides is 1. The summed E-state index contributed by atoms with van der Waals surface area (Å²) in [7, 11) is -3.87. The van der Waals surface area contributed by atoms with E-state index in [9.17, 15) is 8.42 Å². The molecule has 216 valence electrons. The van der Waals surface area contributed by atoms with E-state index in [2.05, 4.69) is 39.1 Å². The molecule has 2 heterocycles. The molecule has 1 aliphatic carbocycles. The molecule has 5 N–H and O–H groups in total. The number of carboxylic acid groups (broad SMARTS) is 1. The smallest absolute Gasteiger partial charge is 0.290 e. The van der Waals surface area contributed by atoms with Crippen molar-refractivity contribution in [2.24, 2.45) is 5.73 Å². The lowest BCUT2D eigenvalue weighted by molar-refractivity contribution is -0.122. The third-order valence-electron chi connectivity index (χ3n) is 7.03. The van der Waals surface area contributed by atoms with Gasteiger partial charge in [0, 0.05) is 35.4 Å². The first-order valence-corrected chi connectivity index (χ1v) is 15.1. The molecule has 0 amide bonds.